The number of aromatic nitrogens is 2. The van der Waals surface area contributed by atoms with Crippen molar-refractivity contribution in [1.82, 2.24) is 9.55 Å². The Morgan fingerprint density at radius 3 is 2.84 bits per heavy atom. The molecule has 3 N–H and O–H groups in total. The summed E-state index contributed by atoms with van der Waals surface area (Å²) < 4.78 is 1.66. The van der Waals surface area contributed by atoms with Crippen molar-refractivity contribution in [2.75, 3.05) is 11.9 Å². The van der Waals surface area contributed by atoms with Gasteiger partial charge < -0.3 is 15.6 Å². The molecule has 1 aliphatic carbocycles. The van der Waals surface area contributed by atoms with Gasteiger partial charge in [-0.1, -0.05) is 19.3 Å². The summed E-state index contributed by atoms with van der Waals surface area (Å²) in [5, 5.41) is 3.27. The fraction of sp³-hybridized carbons (Fsp3) is 0.714. The number of aryl methyl sites for hydroxylation is 1. The second-order valence-corrected chi connectivity index (χ2v) is 5.25. The predicted molar refractivity (Wildman–Crippen MR) is 77.2 cm³/mol. The van der Waals surface area contributed by atoms with E-state index in [1.54, 1.807) is 17.0 Å². The van der Waals surface area contributed by atoms with Crippen LogP contribution in [0.5, 0.6) is 0 Å². The lowest BCUT2D eigenvalue weighted by atomic mass is 9.84. The molecule has 5 heteroatoms. The zero-order valence-corrected chi connectivity index (χ0v) is 11.6. The minimum absolute atomic E-state index is 0.0562. The molecule has 1 fully saturated rings. The summed E-state index contributed by atoms with van der Waals surface area (Å²) in [6.07, 6.45) is 9.63. The van der Waals surface area contributed by atoms with Crippen LogP contribution in [0.3, 0.4) is 0 Å². The normalized spacial score (nSPS) is 18.2. The topological polar surface area (TPSA) is 72.9 Å². The lowest BCUT2D eigenvalue weighted by molar-refractivity contribution is 0.320. The molecular weight excluding hydrogens is 240 g/mol. The van der Waals surface area contributed by atoms with Crippen molar-refractivity contribution < 1.29 is 0 Å². The maximum atomic E-state index is 12.1. The molecule has 5 nitrogen and oxygen atoms in total. The number of anilines is 1. The highest BCUT2D eigenvalue weighted by molar-refractivity contribution is 5.32. The van der Waals surface area contributed by atoms with Gasteiger partial charge in [-0.3, -0.25) is 4.79 Å². The van der Waals surface area contributed by atoms with Crippen LogP contribution in [0, 0.1) is 5.92 Å². The van der Waals surface area contributed by atoms with Crippen LogP contribution in [-0.2, 0) is 6.54 Å². The molecule has 1 aliphatic rings. The molecule has 0 aromatic carbocycles. The SMILES string of the molecule is CCn1ccnc(NC(CN)C2CCCCC2)c1=O. The zero-order chi connectivity index (χ0) is 13.7. The standard InChI is InChI=1S/C14H24N4O/c1-2-18-9-8-16-13(14(18)19)17-12(10-15)11-6-4-3-5-7-11/h8-9,11-12H,2-7,10,15H2,1H3,(H,16,17). The first-order valence-corrected chi connectivity index (χ1v) is 7.28. The lowest BCUT2D eigenvalue weighted by Gasteiger charge is -2.30. The van der Waals surface area contributed by atoms with Crippen molar-refractivity contribution in [3.05, 3.63) is 22.7 Å². The molecule has 0 bridgehead atoms. The fourth-order valence-corrected chi connectivity index (χ4v) is 2.88. The summed E-state index contributed by atoms with van der Waals surface area (Å²) in [6.45, 7) is 3.16. The first-order chi connectivity index (χ1) is 9.26. The Hall–Kier alpha value is -1.36. The van der Waals surface area contributed by atoms with Gasteiger partial charge in [-0.05, 0) is 25.7 Å². The van der Waals surface area contributed by atoms with Gasteiger partial charge in [0.2, 0.25) is 0 Å². The van der Waals surface area contributed by atoms with Crippen molar-refractivity contribution in [2.24, 2.45) is 11.7 Å². The highest BCUT2D eigenvalue weighted by Crippen LogP contribution is 2.27. The summed E-state index contributed by atoms with van der Waals surface area (Å²) in [5.41, 5.74) is 5.82. The third-order valence-corrected chi connectivity index (χ3v) is 4.05. The molecule has 1 heterocycles. The van der Waals surface area contributed by atoms with Crippen LogP contribution in [0.25, 0.3) is 0 Å². The summed E-state index contributed by atoms with van der Waals surface area (Å²) in [5.74, 6) is 1.00. The number of nitrogens with zero attached hydrogens (tertiary/aromatic N) is 2. The van der Waals surface area contributed by atoms with E-state index < -0.39 is 0 Å². The summed E-state index contributed by atoms with van der Waals surface area (Å²) in [7, 11) is 0. The molecule has 0 spiro atoms. The lowest BCUT2D eigenvalue weighted by Crippen LogP contribution is -2.40. The summed E-state index contributed by atoms with van der Waals surface area (Å²) in [4.78, 5) is 16.3. The van der Waals surface area contributed by atoms with Gasteiger partial charge in [0.05, 0.1) is 0 Å². The highest BCUT2D eigenvalue weighted by Gasteiger charge is 2.23. The number of rotatable bonds is 5. The average molecular weight is 264 g/mol. The van der Waals surface area contributed by atoms with E-state index in [2.05, 4.69) is 10.3 Å². The molecule has 0 saturated heterocycles. The van der Waals surface area contributed by atoms with Crippen molar-refractivity contribution in [3.8, 4) is 0 Å². The first kappa shape index (κ1) is 14.1. The average Bonchev–Trinajstić information content (AvgIpc) is 2.47. The molecule has 106 valence electrons. The Balaban J connectivity index is 2.11. The molecule has 0 radical (unpaired) electrons. The van der Waals surface area contributed by atoms with E-state index in [4.69, 9.17) is 5.73 Å². The van der Waals surface area contributed by atoms with Gasteiger partial charge in [0.15, 0.2) is 5.82 Å². The van der Waals surface area contributed by atoms with Crippen LogP contribution in [0.15, 0.2) is 17.2 Å². The monoisotopic (exact) mass is 264 g/mol. The number of hydrogen-bond donors (Lipinski definition) is 2. The maximum Gasteiger partial charge on any atom is 0.293 e. The second-order valence-electron chi connectivity index (χ2n) is 5.25. The Kier molecular flexibility index (Phi) is 4.96. The van der Waals surface area contributed by atoms with Crippen LogP contribution in [0.2, 0.25) is 0 Å². The molecule has 19 heavy (non-hydrogen) atoms. The third kappa shape index (κ3) is 3.35. The van der Waals surface area contributed by atoms with E-state index in [0.29, 0.717) is 24.8 Å². The number of nitrogens with two attached hydrogens (primary N) is 1. The van der Waals surface area contributed by atoms with E-state index in [9.17, 15) is 4.79 Å². The van der Waals surface area contributed by atoms with Crippen LogP contribution in [-0.4, -0.2) is 22.1 Å². The Morgan fingerprint density at radius 1 is 1.47 bits per heavy atom. The summed E-state index contributed by atoms with van der Waals surface area (Å²) in [6, 6.07) is 0.160. The number of hydrogen-bond acceptors (Lipinski definition) is 4. The summed E-state index contributed by atoms with van der Waals surface area (Å²) >= 11 is 0. The van der Waals surface area contributed by atoms with Gasteiger partial charge in [0.25, 0.3) is 5.56 Å². The van der Waals surface area contributed by atoms with E-state index in [1.807, 2.05) is 6.92 Å². The fourth-order valence-electron chi connectivity index (χ4n) is 2.88. The number of nitrogens with one attached hydrogen (secondary N) is 1. The molecular formula is C14H24N4O. The van der Waals surface area contributed by atoms with Crippen LogP contribution >= 0.6 is 0 Å². The van der Waals surface area contributed by atoms with Gasteiger partial charge in [0.1, 0.15) is 0 Å². The minimum atomic E-state index is -0.0562. The van der Waals surface area contributed by atoms with Crippen molar-refractivity contribution in [3.63, 3.8) is 0 Å². The largest absolute Gasteiger partial charge is 0.361 e. The van der Waals surface area contributed by atoms with Crippen molar-refractivity contribution >= 4 is 5.82 Å². The Labute approximate surface area is 114 Å². The predicted octanol–water partition coefficient (Wildman–Crippen LogP) is 1.58. The van der Waals surface area contributed by atoms with Crippen LogP contribution in [0.4, 0.5) is 5.82 Å². The highest BCUT2D eigenvalue weighted by atomic mass is 16.1. The van der Waals surface area contributed by atoms with Crippen molar-refractivity contribution in [2.45, 2.75) is 51.6 Å². The molecule has 0 aliphatic heterocycles. The Morgan fingerprint density at radius 2 is 2.21 bits per heavy atom. The van der Waals surface area contributed by atoms with Gasteiger partial charge in [-0.2, -0.15) is 0 Å². The smallest absolute Gasteiger partial charge is 0.293 e. The molecule has 1 saturated carbocycles. The third-order valence-electron chi connectivity index (χ3n) is 4.05. The first-order valence-electron chi connectivity index (χ1n) is 7.28. The van der Waals surface area contributed by atoms with E-state index in [-0.39, 0.29) is 11.6 Å². The van der Waals surface area contributed by atoms with E-state index in [0.717, 1.165) is 0 Å². The Bertz CT molecular complexity index is 451. The van der Waals surface area contributed by atoms with E-state index >= 15 is 0 Å². The van der Waals surface area contributed by atoms with Crippen molar-refractivity contribution in [1.29, 1.82) is 0 Å². The zero-order valence-electron chi connectivity index (χ0n) is 11.6. The van der Waals surface area contributed by atoms with Gasteiger partial charge in [0, 0.05) is 31.5 Å². The molecule has 2 rings (SSSR count). The molecule has 1 aromatic rings. The second kappa shape index (κ2) is 6.70. The van der Waals surface area contributed by atoms with E-state index in [1.165, 1.54) is 32.1 Å². The van der Waals surface area contributed by atoms with Crippen LogP contribution < -0.4 is 16.6 Å². The molecule has 1 atom stereocenters. The minimum Gasteiger partial charge on any atom is -0.361 e. The molecule has 1 aromatic heterocycles. The quantitative estimate of drug-likeness (QED) is 0.847. The molecule has 1 unspecified atom stereocenters. The van der Waals surface area contributed by atoms with Gasteiger partial charge in [-0.25, -0.2) is 4.98 Å². The molecule has 0 amide bonds. The van der Waals surface area contributed by atoms with Gasteiger partial charge >= 0.3 is 0 Å². The maximum absolute atomic E-state index is 12.1. The van der Waals surface area contributed by atoms with Gasteiger partial charge in [-0.15, -0.1) is 0 Å². The van der Waals surface area contributed by atoms with Crippen LogP contribution in [0.1, 0.15) is 39.0 Å².